The molecule has 0 radical (unpaired) electrons. The number of carbonyl (C=O) groups is 1. The molecule has 3 rings (SSSR count). The number of nitrogens with one attached hydrogen (secondary N) is 1. The van der Waals surface area contributed by atoms with Crippen LogP contribution in [0, 0.1) is 12.8 Å². The summed E-state index contributed by atoms with van der Waals surface area (Å²) in [7, 11) is 2.20. The highest BCUT2D eigenvalue weighted by Gasteiger charge is 2.22. The van der Waals surface area contributed by atoms with E-state index < -0.39 is 0 Å². The van der Waals surface area contributed by atoms with Crippen LogP contribution in [0.3, 0.4) is 0 Å². The number of halogens is 1. The minimum atomic E-state index is 0.0594. The molecule has 0 bridgehead atoms. The third-order valence-corrected chi connectivity index (χ3v) is 5.99. The van der Waals surface area contributed by atoms with Crippen LogP contribution >= 0.6 is 15.9 Å². The Balaban J connectivity index is 1.39. The van der Waals surface area contributed by atoms with E-state index in [9.17, 15) is 4.79 Å². The number of rotatable bonds is 7. The second-order valence-corrected chi connectivity index (χ2v) is 8.79. The fourth-order valence-electron chi connectivity index (χ4n) is 3.84. The smallest absolute Gasteiger partial charge is 0.238 e. The van der Waals surface area contributed by atoms with Gasteiger partial charge in [-0.15, -0.1) is 0 Å². The summed E-state index contributed by atoms with van der Waals surface area (Å²) in [5.41, 5.74) is 3.37. The number of piperidine rings is 1. The molecule has 0 saturated carbocycles. The molecule has 0 unspecified atom stereocenters. The normalized spacial score (nSPS) is 15.7. The molecule has 2 aromatic rings. The molecule has 1 saturated heterocycles. The van der Waals surface area contributed by atoms with Crippen molar-refractivity contribution < 1.29 is 4.79 Å². The molecule has 0 aromatic heterocycles. The van der Waals surface area contributed by atoms with Crippen LogP contribution in [-0.2, 0) is 11.3 Å². The zero-order chi connectivity index (χ0) is 19.9. The molecule has 1 amide bonds. The average molecular weight is 444 g/mol. The molecule has 150 valence electrons. The van der Waals surface area contributed by atoms with Crippen LogP contribution in [0.5, 0.6) is 0 Å². The van der Waals surface area contributed by atoms with Crippen molar-refractivity contribution in [3.63, 3.8) is 0 Å². The second-order valence-electron chi connectivity index (χ2n) is 7.93. The van der Waals surface area contributed by atoms with Gasteiger partial charge in [-0.3, -0.25) is 9.69 Å². The first-order valence-corrected chi connectivity index (χ1v) is 10.8. The Labute approximate surface area is 177 Å². The molecule has 0 aliphatic carbocycles. The zero-order valence-electron chi connectivity index (χ0n) is 16.8. The highest BCUT2D eigenvalue weighted by Crippen LogP contribution is 2.24. The Morgan fingerprint density at radius 3 is 2.57 bits per heavy atom. The van der Waals surface area contributed by atoms with E-state index in [0.717, 1.165) is 49.2 Å². The molecule has 1 aliphatic heterocycles. The minimum Gasteiger partial charge on any atom is -0.324 e. The Morgan fingerprint density at radius 2 is 1.89 bits per heavy atom. The Bertz CT molecular complexity index is 773. The zero-order valence-corrected chi connectivity index (χ0v) is 18.4. The summed E-state index contributed by atoms with van der Waals surface area (Å²) in [6.07, 6.45) is 2.31. The summed E-state index contributed by atoms with van der Waals surface area (Å²) in [6, 6.07) is 16.6. The maximum Gasteiger partial charge on any atom is 0.238 e. The van der Waals surface area contributed by atoms with Crippen molar-refractivity contribution in [2.45, 2.75) is 26.3 Å². The Kier molecular flexibility index (Phi) is 7.65. The molecule has 28 heavy (non-hydrogen) atoms. The van der Waals surface area contributed by atoms with Gasteiger partial charge in [0, 0.05) is 17.6 Å². The number of benzene rings is 2. The van der Waals surface area contributed by atoms with Gasteiger partial charge in [0.05, 0.1) is 12.2 Å². The maximum absolute atomic E-state index is 12.4. The van der Waals surface area contributed by atoms with Crippen LogP contribution in [0.25, 0.3) is 0 Å². The number of hydrogen-bond acceptors (Lipinski definition) is 3. The molecule has 5 heteroatoms. The molecule has 4 nitrogen and oxygen atoms in total. The molecular formula is C23H30BrN3O. The van der Waals surface area contributed by atoms with Crippen molar-refractivity contribution in [3.05, 3.63) is 64.1 Å². The SMILES string of the molecule is Cc1ccc(NC(=O)CN2CCC(CN(C)Cc3ccccc3)CC2)c(Br)c1. The summed E-state index contributed by atoms with van der Waals surface area (Å²) >= 11 is 3.52. The fourth-order valence-corrected chi connectivity index (χ4v) is 4.43. The van der Waals surface area contributed by atoms with Gasteiger partial charge in [-0.05, 0) is 85.0 Å². The summed E-state index contributed by atoms with van der Waals surface area (Å²) in [5, 5.41) is 3.02. The first kappa shape index (κ1) is 21.0. The van der Waals surface area contributed by atoms with Crippen LogP contribution < -0.4 is 5.32 Å². The van der Waals surface area contributed by atoms with E-state index in [1.54, 1.807) is 0 Å². The van der Waals surface area contributed by atoms with Gasteiger partial charge >= 0.3 is 0 Å². The third kappa shape index (κ3) is 6.43. The summed E-state index contributed by atoms with van der Waals surface area (Å²) in [4.78, 5) is 17.1. The minimum absolute atomic E-state index is 0.0594. The number of likely N-dealkylation sites (tertiary alicyclic amines) is 1. The van der Waals surface area contributed by atoms with E-state index in [2.05, 4.69) is 68.4 Å². The van der Waals surface area contributed by atoms with Gasteiger partial charge in [0.1, 0.15) is 0 Å². The maximum atomic E-state index is 12.4. The van der Waals surface area contributed by atoms with E-state index in [1.807, 2.05) is 25.1 Å². The molecule has 1 fully saturated rings. The topological polar surface area (TPSA) is 35.6 Å². The fraction of sp³-hybridized carbons (Fsp3) is 0.435. The molecule has 2 aromatic carbocycles. The second kappa shape index (κ2) is 10.2. The van der Waals surface area contributed by atoms with Crippen molar-refractivity contribution in [1.82, 2.24) is 9.80 Å². The van der Waals surface area contributed by atoms with Gasteiger partial charge in [-0.25, -0.2) is 0 Å². The van der Waals surface area contributed by atoms with Crippen molar-refractivity contribution in [1.29, 1.82) is 0 Å². The van der Waals surface area contributed by atoms with Gasteiger partial charge in [-0.2, -0.15) is 0 Å². The largest absolute Gasteiger partial charge is 0.324 e. The summed E-state index contributed by atoms with van der Waals surface area (Å²) in [5.74, 6) is 0.767. The highest BCUT2D eigenvalue weighted by atomic mass is 79.9. The third-order valence-electron chi connectivity index (χ3n) is 5.34. The molecule has 1 heterocycles. The molecular weight excluding hydrogens is 414 g/mol. The van der Waals surface area contributed by atoms with Crippen LogP contribution in [-0.4, -0.2) is 48.9 Å². The number of amides is 1. The molecule has 0 atom stereocenters. The van der Waals surface area contributed by atoms with Gasteiger partial charge in [0.25, 0.3) is 0 Å². The quantitative estimate of drug-likeness (QED) is 0.681. The van der Waals surface area contributed by atoms with E-state index in [4.69, 9.17) is 0 Å². The standard InChI is InChI=1S/C23H30BrN3O/c1-18-8-9-22(21(24)14-18)25-23(28)17-27-12-10-20(11-13-27)16-26(2)15-19-6-4-3-5-7-19/h3-9,14,20H,10-13,15-17H2,1-2H3,(H,25,28). The Hall–Kier alpha value is -1.69. The monoisotopic (exact) mass is 443 g/mol. The van der Waals surface area contributed by atoms with Gasteiger partial charge < -0.3 is 10.2 Å². The number of anilines is 1. The molecule has 0 spiro atoms. The van der Waals surface area contributed by atoms with Crippen molar-refractivity contribution >= 4 is 27.5 Å². The summed E-state index contributed by atoms with van der Waals surface area (Å²) < 4.78 is 0.931. The average Bonchev–Trinajstić information content (AvgIpc) is 2.66. The Morgan fingerprint density at radius 1 is 1.18 bits per heavy atom. The van der Waals surface area contributed by atoms with Gasteiger partial charge in [0.15, 0.2) is 0 Å². The van der Waals surface area contributed by atoms with Crippen molar-refractivity contribution in [2.75, 3.05) is 38.5 Å². The lowest BCUT2D eigenvalue weighted by Crippen LogP contribution is -2.41. The van der Waals surface area contributed by atoms with E-state index in [-0.39, 0.29) is 5.91 Å². The van der Waals surface area contributed by atoms with E-state index >= 15 is 0 Å². The van der Waals surface area contributed by atoms with Crippen molar-refractivity contribution in [3.8, 4) is 0 Å². The number of hydrogen-bond donors (Lipinski definition) is 1. The van der Waals surface area contributed by atoms with Crippen LogP contribution in [0.15, 0.2) is 53.0 Å². The van der Waals surface area contributed by atoms with Crippen LogP contribution in [0.2, 0.25) is 0 Å². The first-order valence-electron chi connectivity index (χ1n) is 10.0. The lowest BCUT2D eigenvalue weighted by Gasteiger charge is -2.33. The number of nitrogens with zero attached hydrogens (tertiary/aromatic N) is 2. The van der Waals surface area contributed by atoms with E-state index in [1.165, 1.54) is 11.1 Å². The summed E-state index contributed by atoms with van der Waals surface area (Å²) in [6.45, 7) is 6.60. The van der Waals surface area contributed by atoms with Crippen LogP contribution in [0.1, 0.15) is 24.0 Å². The number of aryl methyl sites for hydroxylation is 1. The lowest BCUT2D eigenvalue weighted by molar-refractivity contribution is -0.117. The predicted octanol–water partition coefficient (Wildman–Crippen LogP) is 4.54. The van der Waals surface area contributed by atoms with Crippen LogP contribution in [0.4, 0.5) is 5.69 Å². The first-order chi connectivity index (χ1) is 13.5. The lowest BCUT2D eigenvalue weighted by atomic mass is 9.96. The van der Waals surface area contributed by atoms with Gasteiger partial charge in [0.2, 0.25) is 5.91 Å². The number of carbonyl (C=O) groups excluding carboxylic acids is 1. The van der Waals surface area contributed by atoms with E-state index in [0.29, 0.717) is 12.5 Å². The van der Waals surface area contributed by atoms with Crippen molar-refractivity contribution in [2.24, 2.45) is 5.92 Å². The highest BCUT2D eigenvalue weighted by molar-refractivity contribution is 9.10. The molecule has 1 aliphatic rings. The van der Waals surface area contributed by atoms with Gasteiger partial charge in [-0.1, -0.05) is 36.4 Å². The predicted molar refractivity (Wildman–Crippen MR) is 119 cm³/mol. The molecule has 1 N–H and O–H groups in total.